The molecule has 0 aromatic heterocycles. The number of carbonyl (C=O) groups excluding carboxylic acids is 2. The smallest absolute Gasteiger partial charge is 0.368 e. The summed E-state index contributed by atoms with van der Waals surface area (Å²) in [4.78, 5) is 22.3. The monoisotopic (exact) mass is 289 g/mol. The van der Waals surface area contributed by atoms with Crippen molar-refractivity contribution in [3.8, 4) is 0 Å². The van der Waals surface area contributed by atoms with Crippen molar-refractivity contribution < 1.29 is 31.5 Å². The van der Waals surface area contributed by atoms with E-state index in [9.17, 15) is 31.5 Å². The van der Waals surface area contributed by atoms with Crippen molar-refractivity contribution in [3.05, 3.63) is 0 Å². The highest BCUT2D eigenvalue weighted by Crippen LogP contribution is 2.37. The largest absolute Gasteiger partial charge is 0.463 e. The Labute approximate surface area is 104 Å². The molecule has 3 N–H and O–H groups in total. The lowest BCUT2D eigenvalue weighted by atomic mass is 10.1. The second kappa shape index (κ2) is 5.27. The van der Waals surface area contributed by atoms with Gasteiger partial charge in [-0.3, -0.25) is 9.59 Å². The third-order valence-electron chi connectivity index (χ3n) is 2.69. The molecule has 10 heteroatoms. The summed E-state index contributed by atoms with van der Waals surface area (Å²) in [6.45, 7) is -0.589. The summed E-state index contributed by atoms with van der Waals surface area (Å²) >= 11 is 0. The molecule has 1 atom stereocenters. The molecule has 0 bridgehead atoms. The zero-order valence-corrected chi connectivity index (χ0v) is 9.64. The maximum atomic E-state index is 13.0. The number of halogens is 5. The standard InChI is InChI=1S/C9H12F5N3O2/c10-8(11,9(12,13)14)7(19)17(4-6(15)18)5-1-2-16-3-5/h5,16H,1-4H2,(H2,15,18). The molecule has 110 valence electrons. The molecule has 1 fully saturated rings. The molecule has 0 saturated carbocycles. The van der Waals surface area contributed by atoms with Crippen LogP contribution in [0.3, 0.4) is 0 Å². The number of amides is 2. The van der Waals surface area contributed by atoms with Crippen LogP contribution in [0.15, 0.2) is 0 Å². The molecule has 1 heterocycles. The van der Waals surface area contributed by atoms with Gasteiger partial charge < -0.3 is 16.0 Å². The van der Waals surface area contributed by atoms with Gasteiger partial charge in [0.25, 0.3) is 0 Å². The fraction of sp³-hybridized carbons (Fsp3) is 0.778. The fourth-order valence-electron chi connectivity index (χ4n) is 1.74. The Balaban J connectivity index is 2.97. The highest BCUT2D eigenvalue weighted by Gasteiger charge is 2.65. The average Bonchev–Trinajstić information content (AvgIpc) is 2.76. The van der Waals surface area contributed by atoms with Gasteiger partial charge in [0, 0.05) is 12.6 Å². The van der Waals surface area contributed by atoms with Crippen LogP contribution < -0.4 is 11.1 Å². The van der Waals surface area contributed by atoms with Crippen LogP contribution in [0.2, 0.25) is 0 Å². The topological polar surface area (TPSA) is 75.4 Å². The Kier molecular flexibility index (Phi) is 4.33. The number of nitrogens with zero attached hydrogens (tertiary/aromatic N) is 1. The summed E-state index contributed by atoms with van der Waals surface area (Å²) in [5, 5.41) is 2.70. The molecule has 5 nitrogen and oxygen atoms in total. The Bertz CT molecular complexity index is 365. The number of rotatable bonds is 4. The Morgan fingerprint density at radius 1 is 1.26 bits per heavy atom. The summed E-state index contributed by atoms with van der Waals surface area (Å²) in [5.74, 6) is -9.14. The average molecular weight is 289 g/mol. The van der Waals surface area contributed by atoms with Crippen LogP contribution in [-0.4, -0.2) is 54.5 Å². The normalized spacial score (nSPS) is 20.4. The quantitative estimate of drug-likeness (QED) is 0.707. The molecule has 1 aliphatic heterocycles. The first-order chi connectivity index (χ1) is 8.57. The summed E-state index contributed by atoms with van der Waals surface area (Å²) < 4.78 is 62.4. The van der Waals surface area contributed by atoms with Crippen LogP contribution >= 0.6 is 0 Å². The van der Waals surface area contributed by atoms with Gasteiger partial charge in [-0.1, -0.05) is 0 Å². The van der Waals surface area contributed by atoms with E-state index in [1.54, 1.807) is 0 Å². The van der Waals surface area contributed by atoms with Gasteiger partial charge in [-0.2, -0.15) is 22.0 Å². The lowest BCUT2D eigenvalue weighted by Gasteiger charge is -2.31. The minimum Gasteiger partial charge on any atom is -0.368 e. The minimum absolute atomic E-state index is 0.0347. The van der Waals surface area contributed by atoms with Crippen molar-refractivity contribution in [2.45, 2.75) is 24.6 Å². The molecule has 0 aromatic rings. The molecule has 0 radical (unpaired) electrons. The maximum absolute atomic E-state index is 13.0. The van der Waals surface area contributed by atoms with Gasteiger partial charge in [0.1, 0.15) is 0 Å². The highest BCUT2D eigenvalue weighted by atomic mass is 19.4. The van der Waals surface area contributed by atoms with Crippen LogP contribution in [0.4, 0.5) is 22.0 Å². The van der Waals surface area contributed by atoms with Crippen molar-refractivity contribution in [1.82, 2.24) is 10.2 Å². The lowest BCUT2D eigenvalue weighted by Crippen LogP contribution is -2.57. The minimum atomic E-state index is -6.01. The van der Waals surface area contributed by atoms with E-state index >= 15 is 0 Å². The molecule has 0 aromatic carbocycles. The first-order valence-electron chi connectivity index (χ1n) is 5.32. The predicted octanol–water partition coefficient (Wildman–Crippen LogP) is -0.140. The second-order valence-electron chi connectivity index (χ2n) is 4.12. The van der Waals surface area contributed by atoms with E-state index in [4.69, 9.17) is 5.73 Å². The molecule has 1 rings (SSSR count). The van der Waals surface area contributed by atoms with Crippen molar-refractivity contribution in [3.63, 3.8) is 0 Å². The molecule has 0 spiro atoms. The highest BCUT2D eigenvalue weighted by molar-refractivity contribution is 5.89. The maximum Gasteiger partial charge on any atom is 0.463 e. The Hall–Kier alpha value is -1.45. The van der Waals surface area contributed by atoms with Gasteiger partial charge in [0.15, 0.2) is 0 Å². The summed E-state index contributed by atoms with van der Waals surface area (Å²) in [6.07, 6.45) is -5.83. The number of nitrogens with one attached hydrogen (secondary N) is 1. The third-order valence-corrected chi connectivity index (χ3v) is 2.69. The SMILES string of the molecule is NC(=O)CN(C(=O)C(F)(F)C(F)(F)F)C1CCNC1. The first-order valence-corrected chi connectivity index (χ1v) is 5.32. The molecular weight excluding hydrogens is 277 g/mol. The Morgan fingerprint density at radius 2 is 1.84 bits per heavy atom. The molecule has 1 unspecified atom stereocenters. The van der Waals surface area contributed by atoms with E-state index in [1.165, 1.54) is 0 Å². The first kappa shape index (κ1) is 15.6. The van der Waals surface area contributed by atoms with Gasteiger partial charge in [-0.25, -0.2) is 0 Å². The third kappa shape index (κ3) is 3.31. The number of alkyl halides is 5. The van der Waals surface area contributed by atoms with Crippen LogP contribution in [0.5, 0.6) is 0 Å². The summed E-state index contributed by atoms with van der Waals surface area (Å²) in [6, 6.07) is -0.909. The van der Waals surface area contributed by atoms with Gasteiger partial charge in [-0.15, -0.1) is 0 Å². The lowest BCUT2D eigenvalue weighted by molar-refractivity contribution is -0.275. The molecule has 19 heavy (non-hydrogen) atoms. The number of carbonyl (C=O) groups is 2. The number of primary amides is 1. The van der Waals surface area contributed by atoms with E-state index in [-0.39, 0.29) is 17.9 Å². The Morgan fingerprint density at radius 3 is 2.21 bits per heavy atom. The van der Waals surface area contributed by atoms with Crippen molar-refractivity contribution >= 4 is 11.8 Å². The number of hydrogen-bond donors (Lipinski definition) is 2. The zero-order valence-electron chi connectivity index (χ0n) is 9.64. The van der Waals surface area contributed by atoms with E-state index < -0.39 is 36.5 Å². The molecule has 0 aliphatic carbocycles. The number of hydrogen-bond acceptors (Lipinski definition) is 3. The van der Waals surface area contributed by atoms with E-state index in [1.807, 2.05) is 0 Å². The molecule has 1 aliphatic rings. The summed E-state index contributed by atoms with van der Waals surface area (Å²) in [5.41, 5.74) is 4.77. The van der Waals surface area contributed by atoms with Gasteiger partial charge in [0.2, 0.25) is 5.91 Å². The summed E-state index contributed by atoms with van der Waals surface area (Å²) in [7, 11) is 0. The van der Waals surface area contributed by atoms with Gasteiger partial charge >= 0.3 is 18.0 Å². The number of nitrogens with two attached hydrogens (primary N) is 1. The van der Waals surface area contributed by atoms with Crippen LogP contribution in [0.25, 0.3) is 0 Å². The van der Waals surface area contributed by atoms with Crippen molar-refractivity contribution in [2.75, 3.05) is 19.6 Å². The van der Waals surface area contributed by atoms with E-state index in [0.717, 1.165) is 0 Å². The predicted molar refractivity (Wildman–Crippen MR) is 53.2 cm³/mol. The van der Waals surface area contributed by atoms with Crippen molar-refractivity contribution in [2.24, 2.45) is 5.73 Å². The second-order valence-corrected chi connectivity index (χ2v) is 4.12. The molecule has 1 saturated heterocycles. The van der Waals surface area contributed by atoms with Crippen LogP contribution in [-0.2, 0) is 9.59 Å². The van der Waals surface area contributed by atoms with E-state index in [2.05, 4.69) is 5.32 Å². The van der Waals surface area contributed by atoms with Gasteiger partial charge in [0.05, 0.1) is 6.54 Å². The fourth-order valence-corrected chi connectivity index (χ4v) is 1.74. The van der Waals surface area contributed by atoms with Gasteiger partial charge in [-0.05, 0) is 13.0 Å². The van der Waals surface area contributed by atoms with Crippen molar-refractivity contribution in [1.29, 1.82) is 0 Å². The van der Waals surface area contributed by atoms with Crippen LogP contribution in [0, 0.1) is 0 Å². The van der Waals surface area contributed by atoms with Crippen LogP contribution in [0.1, 0.15) is 6.42 Å². The van der Waals surface area contributed by atoms with E-state index in [0.29, 0.717) is 6.54 Å². The zero-order chi connectivity index (χ0) is 14.8. The molecule has 2 amide bonds. The molecular formula is C9H12F5N3O2.